The van der Waals surface area contributed by atoms with Crippen LogP contribution in [-0.4, -0.2) is 35.8 Å². The van der Waals surface area contributed by atoms with Crippen LogP contribution in [0.25, 0.3) is 11.4 Å². The second-order valence-electron chi connectivity index (χ2n) is 6.02. The van der Waals surface area contributed by atoms with Crippen LogP contribution in [0.3, 0.4) is 0 Å². The number of H-pyrrole nitrogens is 1. The minimum atomic E-state index is -3.38. The van der Waals surface area contributed by atoms with Crippen LogP contribution in [0.4, 0.5) is 5.69 Å². The standard InChI is InChI=1S/C18H18N4O3S/c1-11-4-9-15(26(3,24)25)10-16(11)18(23)20-14-7-5-13(6-8-14)17-19-12(2)21-22-17/h4-10H,1-3H3,(H,20,23)(H,19,21,22). The van der Waals surface area contributed by atoms with Gasteiger partial charge >= 0.3 is 0 Å². The smallest absolute Gasteiger partial charge is 0.255 e. The quantitative estimate of drug-likeness (QED) is 0.735. The molecule has 1 amide bonds. The van der Waals surface area contributed by atoms with Gasteiger partial charge in [0.05, 0.1) is 4.90 Å². The molecule has 26 heavy (non-hydrogen) atoms. The Labute approximate surface area is 151 Å². The lowest BCUT2D eigenvalue weighted by molar-refractivity contribution is 0.102. The number of nitrogens with zero attached hydrogens (tertiary/aromatic N) is 2. The molecule has 0 aliphatic carbocycles. The molecule has 0 saturated carbocycles. The molecule has 0 saturated heterocycles. The van der Waals surface area contributed by atoms with Gasteiger partial charge in [0, 0.05) is 23.1 Å². The number of amides is 1. The van der Waals surface area contributed by atoms with Gasteiger partial charge in [0.25, 0.3) is 5.91 Å². The van der Waals surface area contributed by atoms with Crippen LogP contribution in [0.5, 0.6) is 0 Å². The topological polar surface area (TPSA) is 105 Å². The average molecular weight is 370 g/mol. The highest BCUT2D eigenvalue weighted by Crippen LogP contribution is 2.20. The van der Waals surface area contributed by atoms with Crippen molar-refractivity contribution in [1.29, 1.82) is 0 Å². The minimum absolute atomic E-state index is 0.114. The summed E-state index contributed by atoms with van der Waals surface area (Å²) in [4.78, 5) is 16.9. The second kappa shape index (κ2) is 6.72. The first-order chi connectivity index (χ1) is 12.2. The van der Waals surface area contributed by atoms with E-state index in [4.69, 9.17) is 0 Å². The average Bonchev–Trinajstić information content (AvgIpc) is 3.01. The number of benzene rings is 2. The number of carbonyl (C=O) groups is 1. The lowest BCUT2D eigenvalue weighted by atomic mass is 10.1. The van der Waals surface area contributed by atoms with Gasteiger partial charge in [-0.15, -0.1) is 0 Å². The van der Waals surface area contributed by atoms with Crippen LogP contribution in [0, 0.1) is 13.8 Å². The van der Waals surface area contributed by atoms with Crippen LogP contribution in [-0.2, 0) is 9.84 Å². The summed E-state index contributed by atoms with van der Waals surface area (Å²) >= 11 is 0. The molecule has 0 aliphatic heterocycles. The van der Waals surface area contributed by atoms with Crippen molar-refractivity contribution < 1.29 is 13.2 Å². The van der Waals surface area contributed by atoms with Gasteiger partial charge in [-0.25, -0.2) is 13.4 Å². The molecule has 2 N–H and O–H groups in total. The van der Waals surface area contributed by atoms with Gasteiger partial charge in [-0.1, -0.05) is 6.07 Å². The summed E-state index contributed by atoms with van der Waals surface area (Å²) in [5.74, 6) is 0.935. The third-order valence-electron chi connectivity index (χ3n) is 3.88. The number of carbonyl (C=O) groups excluding carboxylic acids is 1. The number of rotatable bonds is 4. The van der Waals surface area contributed by atoms with Crippen LogP contribution in [0.15, 0.2) is 47.4 Å². The molecular weight excluding hydrogens is 352 g/mol. The summed E-state index contributed by atoms with van der Waals surface area (Å²) in [5.41, 5.74) is 2.43. The molecule has 8 heteroatoms. The van der Waals surface area contributed by atoms with Crippen LogP contribution in [0.2, 0.25) is 0 Å². The summed E-state index contributed by atoms with van der Waals surface area (Å²) in [7, 11) is -3.38. The van der Waals surface area contributed by atoms with Gasteiger partial charge < -0.3 is 5.32 Å². The molecule has 0 bridgehead atoms. The van der Waals surface area contributed by atoms with Crippen molar-refractivity contribution in [2.75, 3.05) is 11.6 Å². The molecule has 0 spiro atoms. The molecule has 1 aromatic heterocycles. The summed E-state index contributed by atoms with van der Waals surface area (Å²) in [6.07, 6.45) is 1.11. The molecule has 3 aromatic rings. The molecule has 0 radical (unpaired) electrons. The summed E-state index contributed by atoms with van der Waals surface area (Å²) in [6, 6.07) is 11.6. The van der Waals surface area contributed by atoms with E-state index in [2.05, 4.69) is 20.5 Å². The highest BCUT2D eigenvalue weighted by atomic mass is 32.2. The molecule has 3 rings (SSSR count). The number of anilines is 1. The molecule has 0 fully saturated rings. The molecule has 0 aliphatic rings. The zero-order valence-electron chi connectivity index (χ0n) is 14.6. The Morgan fingerprint density at radius 2 is 1.77 bits per heavy atom. The fourth-order valence-corrected chi connectivity index (χ4v) is 3.10. The fourth-order valence-electron chi connectivity index (χ4n) is 2.45. The first-order valence-corrected chi connectivity index (χ1v) is 9.75. The van der Waals surface area contributed by atoms with E-state index in [1.807, 2.05) is 6.92 Å². The summed E-state index contributed by atoms with van der Waals surface area (Å²) in [5, 5.41) is 9.65. The largest absolute Gasteiger partial charge is 0.322 e. The highest BCUT2D eigenvalue weighted by molar-refractivity contribution is 7.90. The maximum Gasteiger partial charge on any atom is 0.255 e. The zero-order valence-corrected chi connectivity index (χ0v) is 15.4. The molecule has 0 unspecified atom stereocenters. The lowest BCUT2D eigenvalue weighted by Gasteiger charge is -2.09. The Kier molecular flexibility index (Phi) is 4.60. The summed E-state index contributed by atoms with van der Waals surface area (Å²) < 4.78 is 23.4. The van der Waals surface area contributed by atoms with Crippen molar-refractivity contribution in [2.45, 2.75) is 18.7 Å². The number of sulfone groups is 1. The van der Waals surface area contributed by atoms with Gasteiger partial charge in [0.2, 0.25) is 0 Å². The number of aromatic amines is 1. The minimum Gasteiger partial charge on any atom is -0.322 e. The third-order valence-corrected chi connectivity index (χ3v) is 4.99. The Morgan fingerprint density at radius 3 is 2.35 bits per heavy atom. The molecule has 1 heterocycles. The van der Waals surface area contributed by atoms with Crippen molar-refractivity contribution in [2.24, 2.45) is 0 Å². The Bertz CT molecular complexity index is 1070. The monoisotopic (exact) mass is 370 g/mol. The molecule has 2 aromatic carbocycles. The van der Waals surface area contributed by atoms with Crippen molar-refractivity contribution >= 4 is 21.4 Å². The first-order valence-electron chi connectivity index (χ1n) is 7.85. The van der Waals surface area contributed by atoms with E-state index in [-0.39, 0.29) is 10.8 Å². The molecular formula is C18H18N4O3S. The SMILES string of the molecule is Cc1nc(-c2ccc(NC(=O)c3cc(S(C)(=O)=O)ccc3C)cc2)n[nH]1. The maximum absolute atomic E-state index is 12.5. The van der Waals surface area contributed by atoms with E-state index in [1.165, 1.54) is 12.1 Å². The van der Waals surface area contributed by atoms with Gasteiger partial charge in [0.1, 0.15) is 5.82 Å². The lowest BCUT2D eigenvalue weighted by Crippen LogP contribution is -2.14. The third kappa shape index (κ3) is 3.80. The van der Waals surface area contributed by atoms with Crippen molar-refractivity contribution in [3.8, 4) is 11.4 Å². The zero-order chi connectivity index (χ0) is 18.9. The highest BCUT2D eigenvalue weighted by Gasteiger charge is 2.15. The van der Waals surface area contributed by atoms with E-state index in [0.29, 0.717) is 22.6 Å². The van der Waals surface area contributed by atoms with Gasteiger partial charge in [-0.05, 0) is 55.8 Å². The van der Waals surface area contributed by atoms with Crippen molar-refractivity contribution in [3.63, 3.8) is 0 Å². The second-order valence-corrected chi connectivity index (χ2v) is 8.04. The number of hydrogen-bond donors (Lipinski definition) is 2. The normalized spacial score (nSPS) is 11.3. The Balaban J connectivity index is 1.82. The van der Waals surface area contributed by atoms with Gasteiger partial charge in [0.15, 0.2) is 15.7 Å². The van der Waals surface area contributed by atoms with Crippen LogP contribution in [0.1, 0.15) is 21.7 Å². The van der Waals surface area contributed by atoms with E-state index < -0.39 is 9.84 Å². The van der Waals surface area contributed by atoms with Gasteiger partial charge in [-0.3, -0.25) is 9.89 Å². The van der Waals surface area contributed by atoms with Crippen LogP contribution < -0.4 is 5.32 Å². The Hall–Kier alpha value is -3.00. The van der Waals surface area contributed by atoms with E-state index in [9.17, 15) is 13.2 Å². The number of hydrogen-bond acceptors (Lipinski definition) is 5. The first kappa shape index (κ1) is 17.8. The van der Waals surface area contributed by atoms with Crippen LogP contribution >= 0.6 is 0 Å². The molecule has 134 valence electrons. The number of aryl methyl sites for hydroxylation is 2. The van der Waals surface area contributed by atoms with Gasteiger partial charge in [-0.2, -0.15) is 5.10 Å². The Morgan fingerprint density at radius 1 is 1.08 bits per heavy atom. The molecule has 0 atom stereocenters. The van der Waals surface area contributed by atoms with Crippen molar-refractivity contribution in [3.05, 3.63) is 59.4 Å². The van der Waals surface area contributed by atoms with E-state index in [1.54, 1.807) is 37.3 Å². The summed E-state index contributed by atoms with van der Waals surface area (Å²) in [6.45, 7) is 3.58. The predicted octanol–water partition coefficient (Wildman–Crippen LogP) is 2.74. The maximum atomic E-state index is 12.5. The van der Waals surface area contributed by atoms with Crippen molar-refractivity contribution in [1.82, 2.24) is 15.2 Å². The fraction of sp³-hybridized carbons (Fsp3) is 0.167. The molecule has 7 nitrogen and oxygen atoms in total. The number of aromatic nitrogens is 3. The van der Waals surface area contributed by atoms with E-state index >= 15 is 0 Å². The number of nitrogens with one attached hydrogen (secondary N) is 2. The predicted molar refractivity (Wildman–Crippen MR) is 98.8 cm³/mol. The van der Waals surface area contributed by atoms with E-state index in [0.717, 1.165) is 17.6 Å².